The molecule has 154 valence electrons. The highest BCUT2D eigenvalue weighted by molar-refractivity contribution is 5.88. The predicted octanol–water partition coefficient (Wildman–Crippen LogP) is 5.47. The van der Waals surface area contributed by atoms with Crippen LogP contribution in [0.3, 0.4) is 0 Å². The molecule has 0 saturated heterocycles. The van der Waals surface area contributed by atoms with E-state index in [4.69, 9.17) is 5.11 Å². The molecule has 0 spiro atoms. The molecule has 1 atom stereocenters. The Morgan fingerprint density at radius 1 is 1.34 bits per heavy atom. The number of nitrogens with zero attached hydrogens (tertiary/aromatic N) is 2. The van der Waals surface area contributed by atoms with E-state index in [9.17, 15) is 9.18 Å². The number of halogens is 1. The lowest BCUT2D eigenvalue weighted by atomic mass is 9.79. The lowest BCUT2D eigenvalue weighted by Gasteiger charge is -2.47. The third-order valence-corrected chi connectivity index (χ3v) is 5.48. The molecule has 2 N–H and O–H groups in total. The van der Waals surface area contributed by atoms with Gasteiger partial charge in [0.2, 0.25) is 0 Å². The van der Waals surface area contributed by atoms with Crippen molar-refractivity contribution >= 4 is 23.6 Å². The van der Waals surface area contributed by atoms with Crippen molar-refractivity contribution in [3.05, 3.63) is 58.9 Å². The highest BCUT2D eigenvalue weighted by Crippen LogP contribution is 2.44. The molecule has 1 heterocycles. The molecule has 1 aliphatic rings. The zero-order chi connectivity index (χ0) is 21.2. The second-order valence-electron chi connectivity index (χ2n) is 8.25. The number of hydrazone groups is 1. The smallest absolute Gasteiger partial charge is 0.335 e. The van der Waals surface area contributed by atoms with Crippen LogP contribution in [0.25, 0.3) is 0 Å². The van der Waals surface area contributed by atoms with Crippen molar-refractivity contribution in [2.45, 2.75) is 52.0 Å². The van der Waals surface area contributed by atoms with Gasteiger partial charge in [0.15, 0.2) is 0 Å². The molecule has 1 aliphatic heterocycles. The number of carbonyl (C=O) groups is 1. The molecule has 0 saturated carbocycles. The highest BCUT2D eigenvalue weighted by atomic mass is 19.1. The molecule has 0 fully saturated rings. The molecular formula is C23H28FN3O2. The highest BCUT2D eigenvalue weighted by Gasteiger charge is 2.36. The first-order chi connectivity index (χ1) is 13.7. The van der Waals surface area contributed by atoms with Crippen molar-refractivity contribution in [1.29, 1.82) is 0 Å². The molecule has 0 aliphatic carbocycles. The van der Waals surface area contributed by atoms with Gasteiger partial charge in [0, 0.05) is 23.3 Å². The minimum absolute atomic E-state index is 0.00581. The van der Waals surface area contributed by atoms with Gasteiger partial charge in [0.05, 0.1) is 17.5 Å². The van der Waals surface area contributed by atoms with Crippen LogP contribution < -0.4 is 10.3 Å². The van der Waals surface area contributed by atoms with Crippen LogP contribution in [0.2, 0.25) is 0 Å². The SMILES string of the molecule is CCCN1c2cc(F)c(/C=N/Nc3ccc(C(=O)O)cc3)cc2C(C)CC1(C)C. The largest absolute Gasteiger partial charge is 0.478 e. The Kier molecular flexibility index (Phi) is 5.91. The van der Waals surface area contributed by atoms with Gasteiger partial charge in [-0.15, -0.1) is 0 Å². The first-order valence-corrected chi connectivity index (χ1v) is 9.96. The summed E-state index contributed by atoms with van der Waals surface area (Å²) in [6, 6.07) is 9.75. The van der Waals surface area contributed by atoms with E-state index in [-0.39, 0.29) is 16.9 Å². The molecule has 0 bridgehead atoms. The van der Waals surface area contributed by atoms with Crippen molar-refractivity contribution < 1.29 is 14.3 Å². The van der Waals surface area contributed by atoms with E-state index in [0.717, 1.165) is 30.6 Å². The Balaban J connectivity index is 1.83. The molecule has 3 rings (SSSR count). The van der Waals surface area contributed by atoms with Crippen LogP contribution in [-0.2, 0) is 0 Å². The van der Waals surface area contributed by atoms with Crippen LogP contribution in [0.4, 0.5) is 15.8 Å². The van der Waals surface area contributed by atoms with Gasteiger partial charge in [-0.2, -0.15) is 5.10 Å². The van der Waals surface area contributed by atoms with Crippen molar-refractivity contribution in [3.8, 4) is 0 Å². The molecule has 29 heavy (non-hydrogen) atoms. The summed E-state index contributed by atoms with van der Waals surface area (Å²) in [5, 5.41) is 13.1. The molecule has 5 nitrogen and oxygen atoms in total. The second kappa shape index (κ2) is 8.23. The topological polar surface area (TPSA) is 64.9 Å². The van der Waals surface area contributed by atoms with Gasteiger partial charge in [-0.25, -0.2) is 9.18 Å². The van der Waals surface area contributed by atoms with Gasteiger partial charge in [0.1, 0.15) is 5.82 Å². The number of hydrogen-bond donors (Lipinski definition) is 2. The molecule has 1 unspecified atom stereocenters. The van der Waals surface area contributed by atoms with Crippen molar-refractivity contribution in [3.63, 3.8) is 0 Å². The van der Waals surface area contributed by atoms with Crippen LogP contribution in [-0.4, -0.2) is 29.4 Å². The Morgan fingerprint density at radius 2 is 2.03 bits per heavy atom. The van der Waals surface area contributed by atoms with Crippen molar-refractivity contribution in [2.75, 3.05) is 16.9 Å². The normalized spacial score (nSPS) is 18.0. The van der Waals surface area contributed by atoms with Gasteiger partial charge < -0.3 is 10.0 Å². The number of carboxylic acids is 1. The quantitative estimate of drug-likeness (QED) is 0.501. The molecule has 0 aromatic heterocycles. The van der Waals surface area contributed by atoms with E-state index in [2.05, 4.69) is 43.1 Å². The monoisotopic (exact) mass is 397 g/mol. The van der Waals surface area contributed by atoms with Gasteiger partial charge in [-0.05, 0) is 74.6 Å². The van der Waals surface area contributed by atoms with E-state index < -0.39 is 5.97 Å². The minimum Gasteiger partial charge on any atom is -0.478 e. The lowest BCUT2D eigenvalue weighted by molar-refractivity contribution is 0.0697. The summed E-state index contributed by atoms with van der Waals surface area (Å²) in [6.07, 6.45) is 3.49. The maximum Gasteiger partial charge on any atom is 0.335 e. The number of anilines is 2. The number of aromatic carboxylic acids is 1. The third-order valence-electron chi connectivity index (χ3n) is 5.48. The molecule has 0 amide bonds. The molecule has 2 aromatic carbocycles. The Morgan fingerprint density at radius 3 is 2.66 bits per heavy atom. The van der Waals surface area contributed by atoms with Crippen LogP contribution in [0.5, 0.6) is 0 Å². The van der Waals surface area contributed by atoms with E-state index in [0.29, 0.717) is 17.2 Å². The number of benzene rings is 2. The summed E-state index contributed by atoms with van der Waals surface area (Å²) in [5.41, 5.74) is 6.20. The lowest BCUT2D eigenvalue weighted by Crippen LogP contribution is -2.48. The molecule has 6 heteroatoms. The number of carboxylic acid groups (broad SMARTS) is 1. The Hall–Kier alpha value is -2.89. The van der Waals surface area contributed by atoms with Crippen molar-refractivity contribution in [1.82, 2.24) is 0 Å². The average Bonchev–Trinajstić information content (AvgIpc) is 2.66. The van der Waals surface area contributed by atoms with Crippen LogP contribution in [0, 0.1) is 5.82 Å². The summed E-state index contributed by atoms with van der Waals surface area (Å²) in [4.78, 5) is 13.2. The summed E-state index contributed by atoms with van der Waals surface area (Å²) in [7, 11) is 0. The second-order valence-corrected chi connectivity index (χ2v) is 8.25. The maximum absolute atomic E-state index is 14.8. The minimum atomic E-state index is -0.981. The predicted molar refractivity (Wildman–Crippen MR) is 116 cm³/mol. The zero-order valence-electron chi connectivity index (χ0n) is 17.4. The van der Waals surface area contributed by atoms with E-state index >= 15 is 0 Å². The Labute approximate surface area is 171 Å². The van der Waals surface area contributed by atoms with E-state index in [1.54, 1.807) is 18.2 Å². The fourth-order valence-electron chi connectivity index (χ4n) is 4.13. The number of fused-ring (bicyclic) bond motifs is 1. The Bertz CT molecular complexity index is 922. The maximum atomic E-state index is 14.8. The number of nitrogens with one attached hydrogen (secondary N) is 1. The van der Waals surface area contributed by atoms with Crippen LogP contribution in [0.1, 0.15) is 67.9 Å². The summed E-state index contributed by atoms with van der Waals surface area (Å²) in [6.45, 7) is 9.65. The average molecular weight is 397 g/mol. The van der Waals surface area contributed by atoms with Crippen molar-refractivity contribution in [2.24, 2.45) is 5.10 Å². The van der Waals surface area contributed by atoms with Gasteiger partial charge >= 0.3 is 5.97 Å². The standard InChI is InChI=1S/C23H28FN3O2/c1-5-10-27-21-12-20(24)17(11-19(21)15(2)13-23(27,3)4)14-25-26-18-8-6-16(7-9-18)22(28)29/h6-9,11-12,14-15,26H,5,10,13H2,1-4H3,(H,28,29)/b25-14+. The molecule has 0 radical (unpaired) electrons. The summed E-state index contributed by atoms with van der Waals surface area (Å²) < 4.78 is 14.8. The van der Waals surface area contributed by atoms with E-state index in [1.807, 2.05) is 6.07 Å². The number of hydrogen-bond acceptors (Lipinski definition) is 4. The van der Waals surface area contributed by atoms with E-state index in [1.165, 1.54) is 18.3 Å². The fourth-order valence-corrected chi connectivity index (χ4v) is 4.13. The van der Waals surface area contributed by atoms with Gasteiger partial charge in [-0.1, -0.05) is 13.8 Å². The van der Waals surface area contributed by atoms with Crippen LogP contribution >= 0.6 is 0 Å². The zero-order valence-corrected chi connectivity index (χ0v) is 17.4. The van der Waals surface area contributed by atoms with Gasteiger partial charge in [0.25, 0.3) is 0 Å². The first kappa shape index (κ1) is 20.8. The summed E-state index contributed by atoms with van der Waals surface area (Å²) >= 11 is 0. The summed E-state index contributed by atoms with van der Waals surface area (Å²) in [5.74, 6) is -0.954. The molecule has 2 aromatic rings. The number of rotatable bonds is 6. The fraction of sp³-hybridized carbons (Fsp3) is 0.391. The van der Waals surface area contributed by atoms with Crippen LogP contribution in [0.15, 0.2) is 41.5 Å². The third kappa shape index (κ3) is 4.42. The van der Waals surface area contributed by atoms with Gasteiger partial charge in [-0.3, -0.25) is 5.43 Å². The molecular weight excluding hydrogens is 369 g/mol. The first-order valence-electron chi connectivity index (χ1n) is 9.96.